The molecule has 1 N–H and O–H groups in total. The lowest BCUT2D eigenvalue weighted by atomic mass is 9.92. The van der Waals surface area contributed by atoms with Gasteiger partial charge in [0.25, 0.3) is 0 Å². The van der Waals surface area contributed by atoms with Crippen molar-refractivity contribution in [3.05, 3.63) is 18.0 Å². The van der Waals surface area contributed by atoms with E-state index in [9.17, 15) is 0 Å². The molecule has 1 fully saturated rings. The second kappa shape index (κ2) is 6.80. The zero-order valence-electron chi connectivity index (χ0n) is 12.5. The van der Waals surface area contributed by atoms with Crippen molar-refractivity contribution >= 4 is 11.8 Å². The molecular formula is C15H27N3S. The van der Waals surface area contributed by atoms with Gasteiger partial charge < -0.3 is 5.32 Å². The third-order valence-corrected chi connectivity index (χ3v) is 5.88. The van der Waals surface area contributed by atoms with Crippen LogP contribution in [-0.2, 0) is 13.5 Å². The molecule has 108 valence electrons. The van der Waals surface area contributed by atoms with Crippen molar-refractivity contribution in [2.45, 2.75) is 56.7 Å². The van der Waals surface area contributed by atoms with Crippen molar-refractivity contribution in [3.8, 4) is 0 Å². The van der Waals surface area contributed by atoms with Gasteiger partial charge in [0.2, 0.25) is 0 Å². The number of nitrogens with one attached hydrogen (secondary N) is 1. The lowest BCUT2D eigenvalue weighted by Crippen LogP contribution is -2.45. The highest BCUT2D eigenvalue weighted by atomic mass is 32.2. The van der Waals surface area contributed by atoms with E-state index < -0.39 is 0 Å². The first-order valence-corrected chi connectivity index (χ1v) is 8.48. The fourth-order valence-electron chi connectivity index (χ4n) is 2.96. The minimum Gasteiger partial charge on any atom is -0.313 e. The van der Waals surface area contributed by atoms with E-state index in [1.54, 1.807) is 0 Å². The molecule has 3 nitrogen and oxygen atoms in total. The van der Waals surface area contributed by atoms with Gasteiger partial charge in [-0.3, -0.25) is 4.68 Å². The van der Waals surface area contributed by atoms with Gasteiger partial charge in [0.05, 0.1) is 0 Å². The first-order valence-electron chi connectivity index (χ1n) is 7.50. The molecule has 0 amide bonds. The van der Waals surface area contributed by atoms with Crippen molar-refractivity contribution in [1.29, 1.82) is 0 Å². The van der Waals surface area contributed by atoms with E-state index in [1.807, 2.05) is 17.9 Å². The molecular weight excluding hydrogens is 254 g/mol. The molecule has 1 aromatic heterocycles. The highest BCUT2D eigenvalue weighted by Gasteiger charge is 2.37. The van der Waals surface area contributed by atoms with Crippen LogP contribution in [-0.4, -0.2) is 32.9 Å². The number of nitrogens with zero attached hydrogens (tertiary/aromatic N) is 2. The molecule has 1 saturated heterocycles. The molecule has 0 radical (unpaired) electrons. The Hall–Kier alpha value is -0.480. The third kappa shape index (κ3) is 3.76. The average Bonchev–Trinajstić information content (AvgIpc) is 3.00. The molecule has 1 aliphatic rings. The highest BCUT2D eigenvalue weighted by Crippen LogP contribution is 2.41. The Kier molecular flexibility index (Phi) is 5.34. The summed E-state index contributed by atoms with van der Waals surface area (Å²) in [5.74, 6) is 1.33. The Morgan fingerprint density at radius 1 is 1.58 bits per heavy atom. The van der Waals surface area contributed by atoms with E-state index in [0.29, 0.717) is 10.8 Å². The molecule has 0 bridgehead atoms. The summed E-state index contributed by atoms with van der Waals surface area (Å²) in [5, 5.41) is 8.05. The quantitative estimate of drug-likeness (QED) is 0.833. The maximum absolute atomic E-state index is 4.26. The molecule has 0 aliphatic carbocycles. The summed E-state index contributed by atoms with van der Waals surface area (Å²) in [7, 11) is 2.04. The summed E-state index contributed by atoms with van der Waals surface area (Å²) in [6.45, 7) is 5.82. The predicted molar refractivity (Wildman–Crippen MR) is 83.7 cm³/mol. The summed E-state index contributed by atoms with van der Waals surface area (Å²) < 4.78 is 2.43. The van der Waals surface area contributed by atoms with Crippen LogP contribution in [0.5, 0.6) is 0 Å². The number of aromatic nitrogens is 2. The first-order chi connectivity index (χ1) is 9.15. The van der Waals surface area contributed by atoms with E-state index in [-0.39, 0.29) is 0 Å². The second-order valence-electron chi connectivity index (χ2n) is 5.76. The topological polar surface area (TPSA) is 29.9 Å². The van der Waals surface area contributed by atoms with E-state index in [0.717, 1.165) is 13.0 Å². The fraction of sp³-hybridized carbons (Fsp3) is 0.800. The van der Waals surface area contributed by atoms with Gasteiger partial charge in [-0.2, -0.15) is 16.9 Å². The molecule has 0 spiro atoms. The molecule has 2 rings (SSSR count). The smallest absolute Gasteiger partial charge is 0.0492 e. The molecule has 2 atom stereocenters. The van der Waals surface area contributed by atoms with E-state index >= 15 is 0 Å². The fourth-order valence-corrected chi connectivity index (χ4v) is 4.40. The summed E-state index contributed by atoms with van der Waals surface area (Å²) in [4.78, 5) is 0. The van der Waals surface area contributed by atoms with E-state index in [1.165, 1.54) is 37.1 Å². The summed E-state index contributed by atoms with van der Waals surface area (Å²) in [6.07, 6.45) is 8.16. The van der Waals surface area contributed by atoms with Gasteiger partial charge in [-0.1, -0.05) is 6.92 Å². The number of aryl methyl sites for hydroxylation is 2. The molecule has 2 heterocycles. The van der Waals surface area contributed by atoms with Crippen LogP contribution in [0.2, 0.25) is 0 Å². The molecule has 4 heteroatoms. The van der Waals surface area contributed by atoms with Crippen LogP contribution >= 0.6 is 11.8 Å². The van der Waals surface area contributed by atoms with Gasteiger partial charge in [-0.15, -0.1) is 0 Å². The van der Waals surface area contributed by atoms with Crippen LogP contribution in [0.1, 0.15) is 45.2 Å². The van der Waals surface area contributed by atoms with Crippen LogP contribution in [0.15, 0.2) is 12.3 Å². The Morgan fingerprint density at radius 2 is 2.42 bits per heavy atom. The zero-order valence-corrected chi connectivity index (χ0v) is 13.3. The lowest BCUT2D eigenvalue weighted by Gasteiger charge is -2.34. The van der Waals surface area contributed by atoms with Gasteiger partial charge in [-0.25, -0.2) is 0 Å². The molecule has 0 saturated carbocycles. The van der Waals surface area contributed by atoms with Gasteiger partial charge >= 0.3 is 0 Å². The standard InChI is InChI=1S/C15H27N3S/c1-4-10-16-14(15(2)9-5-12-19-15)7-6-13-8-11-17-18(13)3/h8,11,14,16H,4-7,9-10,12H2,1-3H3. The third-order valence-electron chi connectivity index (χ3n) is 4.24. The minimum absolute atomic E-state index is 0.424. The minimum atomic E-state index is 0.424. The Morgan fingerprint density at radius 3 is 3.00 bits per heavy atom. The maximum atomic E-state index is 4.26. The van der Waals surface area contributed by atoms with E-state index in [2.05, 4.69) is 42.1 Å². The first kappa shape index (κ1) is 14.9. The second-order valence-corrected chi connectivity index (χ2v) is 7.39. The normalized spacial score (nSPS) is 24.8. The summed E-state index contributed by atoms with van der Waals surface area (Å²) in [6, 6.07) is 2.76. The van der Waals surface area contributed by atoms with Crippen molar-refractivity contribution < 1.29 is 0 Å². The molecule has 1 aliphatic heterocycles. The average molecular weight is 281 g/mol. The Bertz CT molecular complexity index is 382. The van der Waals surface area contributed by atoms with Crippen molar-refractivity contribution in [2.75, 3.05) is 12.3 Å². The SMILES string of the molecule is CCCNC(CCc1ccnn1C)C1(C)CCCS1. The van der Waals surface area contributed by atoms with Crippen LogP contribution in [0.4, 0.5) is 0 Å². The van der Waals surface area contributed by atoms with Crippen LogP contribution in [0.25, 0.3) is 0 Å². The van der Waals surface area contributed by atoms with Crippen molar-refractivity contribution in [3.63, 3.8) is 0 Å². The van der Waals surface area contributed by atoms with Gasteiger partial charge in [0.1, 0.15) is 0 Å². The van der Waals surface area contributed by atoms with E-state index in [4.69, 9.17) is 0 Å². The number of rotatable bonds is 7. The summed E-state index contributed by atoms with van der Waals surface area (Å²) >= 11 is 2.16. The Balaban J connectivity index is 1.95. The van der Waals surface area contributed by atoms with Gasteiger partial charge in [0, 0.05) is 29.7 Å². The maximum Gasteiger partial charge on any atom is 0.0492 e. The molecule has 1 aromatic rings. The van der Waals surface area contributed by atoms with Crippen LogP contribution in [0.3, 0.4) is 0 Å². The van der Waals surface area contributed by atoms with Gasteiger partial charge in [-0.05, 0) is 57.4 Å². The molecule has 0 aromatic carbocycles. The van der Waals surface area contributed by atoms with Gasteiger partial charge in [0.15, 0.2) is 0 Å². The molecule has 2 unspecified atom stereocenters. The van der Waals surface area contributed by atoms with Crippen molar-refractivity contribution in [2.24, 2.45) is 7.05 Å². The number of hydrogen-bond acceptors (Lipinski definition) is 3. The molecule has 19 heavy (non-hydrogen) atoms. The summed E-state index contributed by atoms with van der Waals surface area (Å²) in [5.41, 5.74) is 1.34. The predicted octanol–water partition coefficient (Wildman–Crippen LogP) is 3.01. The van der Waals surface area contributed by atoms with Crippen molar-refractivity contribution in [1.82, 2.24) is 15.1 Å². The highest BCUT2D eigenvalue weighted by molar-refractivity contribution is 8.00. The monoisotopic (exact) mass is 281 g/mol. The van der Waals surface area contributed by atoms with Crippen LogP contribution < -0.4 is 5.32 Å². The Labute approximate surface area is 121 Å². The number of hydrogen-bond donors (Lipinski definition) is 1. The zero-order chi connectivity index (χ0) is 13.7. The lowest BCUT2D eigenvalue weighted by molar-refractivity contribution is 0.378. The largest absolute Gasteiger partial charge is 0.313 e. The number of thioether (sulfide) groups is 1. The van der Waals surface area contributed by atoms with Crippen LogP contribution in [0, 0.1) is 0 Å².